The summed E-state index contributed by atoms with van der Waals surface area (Å²) in [6.07, 6.45) is 4.65. The van der Waals surface area contributed by atoms with E-state index in [4.69, 9.17) is 6.57 Å². The van der Waals surface area contributed by atoms with Crippen molar-refractivity contribution in [3.8, 4) is 0 Å². The Kier molecular flexibility index (Phi) is 3.06. The van der Waals surface area contributed by atoms with Gasteiger partial charge in [-0.2, -0.15) is 4.98 Å². The molecule has 2 aromatic heterocycles. The second kappa shape index (κ2) is 4.67. The highest BCUT2D eigenvalue weighted by Crippen LogP contribution is 2.16. The number of hydrogen-bond donors (Lipinski definition) is 0. The summed E-state index contributed by atoms with van der Waals surface area (Å²) in [5.41, 5.74) is 1.06. The molecular formula is C12H11N5O. The van der Waals surface area contributed by atoms with Crippen LogP contribution in [0.5, 0.6) is 0 Å². The summed E-state index contributed by atoms with van der Waals surface area (Å²) < 4.78 is 1.47. The van der Waals surface area contributed by atoms with Crippen molar-refractivity contribution in [2.45, 2.75) is 0 Å². The minimum atomic E-state index is -0.229. The van der Waals surface area contributed by atoms with Crippen LogP contribution in [-0.2, 0) is 7.05 Å². The van der Waals surface area contributed by atoms with Gasteiger partial charge in [-0.3, -0.25) is 14.3 Å². The molecule has 90 valence electrons. The largest absolute Gasteiger partial charge is 0.397 e. The van der Waals surface area contributed by atoms with Crippen LogP contribution in [0.4, 0.5) is 11.6 Å². The first-order valence-corrected chi connectivity index (χ1v) is 5.22. The highest BCUT2D eigenvalue weighted by molar-refractivity contribution is 6.04. The van der Waals surface area contributed by atoms with Gasteiger partial charge in [-0.1, -0.05) is 0 Å². The number of carbonyl (C=O) groups excluding carboxylic acids is 1. The monoisotopic (exact) mass is 241 g/mol. The van der Waals surface area contributed by atoms with Crippen molar-refractivity contribution in [2.75, 3.05) is 11.9 Å². The van der Waals surface area contributed by atoms with Crippen LogP contribution in [0.15, 0.2) is 30.7 Å². The van der Waals surface area contributed by atoms with Gasteiger partial charge in [-0.25, -0.2) is 0 Å². The summed E-state index contributed by atoms with van der Waals surface area (Å²) in [5, 5.41) is 0. The Morgan fingerprint density at radius 3 is 2.83 bits per heavy atom. The Balaban J connectivity index is 2.32. The predicted octanol–water partition coefficient (Wildman–Crippen LogP) is 1.64. The first-order valence-electron chi connectivity index (χ1n) is 5.22. The molecule has 0 aromatic carbocycles. The minimum absolute atomic E-state index is 0.193. The molecule has 2 rings (SSSR count). The maximum absolute atomic E-state index is 12.2. The van der Waals surface area contributed by atoms with Gasteiger partial charge in [0.05, 0.1) is 11.9 Å². The third kappa shape index (κ3) is 1.94. The lowest BCUT2D eigenvalue weighted by atomic mass is 10.3. The standard InChI is InChI=1S/C12H11N5O/c1-13-12-15-8-10(17(12)3)11(18)16(2)9-5-4-6-14-7-9/h4-8H,2-3H3. The third-order valence-corrected chi connectivity index (χ3v) is 2.62. The average molecular weight is 241 g/mol. The fraction of sp³-hybridized carbons (Fsp3) is 0.167. The number of imidazole rings is 1. The van der Waals surface area contributed by atoms with Crippen molar-refractivity contribution in [1.29, 1.82) is 0 Å². The van der Waals surface area contributed by atoms with Crippen molar-refractivity contribution < 1.29 is 4.79 Å². The summed E-state index contributed by atoms with van der Waals surface area (Å²) in [5.74, 6) is -0.0363. The molecule has 0 radical (unpaired) electrons. The Morgan fingerprint density at radius 2 is 2.28 bits per heavy atom. The molecule has 1 amide bonds. The van der Waals surface area contributed by atoms with Gasteiger partial charge in [0.15, 0.2) is 5.69 Å². The van der Waals surface area contributed by atoms with E-state index in [0.29, 0.717) is 11.4 Å². The summed E-state index contributed by atoms with van der Waals surface area (Å²) in [7, 11) is 3.30. The van der Waals surface area contributed by atoms with Gasteiger partial charge in [0.2, 0.25) is 0 Å². The van der Waals surface area contributed by atoms with E-state index < -0.39 is 0 Å². The van der Waals surface area contributed by atoms with E-state index in [-0.39, 0.29) is 11.9 Å². The zero-order valence-corrected chi connectivity index (χ0v) is 10.0. The molecule has 0 fully saturated rings. The molecule has 6 nitrogen and oxygen atoms in total. The first-order chi connectivity index (χ1) is 8.65. The molecule has 0 saturated heterocycles. The zero-order chi connectivity index (χ0) is 13.1. The lowest BCUT2D eigenvalue weighted by Gasteiger charge is -2.15. The van der Waals surface area contributed by atoms with Crippen LogP contribution in [0.25, 0.3) is 4.85 Å². The van der Waals surface area contributed by atoms with Crippen LogP contribution in [0.2, 0.25) is 0 Å². The number of rotatable bonds is 2. The Morgan fingerprint density at radius 1 is 1.50 bits per heavy atom. The number of nitrogens with zero attached hydrogens (tertiary/aromatic N) is 5. The molecule has 2 heterocycles. The minimum Gasteiger partial charge on any atom is -0.397 e. The number of aromatic nitrogens is 3. The molecule has 0 unspecified atom stereocenters. The number of anilines is 1. The highest BCUT2D eigenvalue weighted by Gasteiger charge is 2.21. The Labute approximate surface area is 104 Å². The van der Waals surface area contributed by atoms with Gasteiger partial charge >= 0.3 is 5.95 Å². The number of carbonyl (C=O) groups is 1. The molecule has 0 bridgehead atoms. The van der Waals surface area contributed by atoms with Crippen LogP contribution in [0.1, 0.15) is 10.5 Å². The Bertz CT molecular complexity index is 611. The molecule has 0 saturated carbocycles. The van der Waals surface area contributed by atoms with Gasteiger partial charge in [0.1, 0.15) is 6.20 Å². The van der Waals surface area contributed by atoms with E-state index in [1.807, 2.05) is 0 Å². The van der Waals surface area contributed by atoms with E-state index in [0.717, 1.165) is 0 Å². The lowest BCUT2D eigenvalue weighted by Crippen LogP contribution is -2.27. The number of pyridine rings is 1. The van der Waals surface area contributed by atoms with Crippen LogP contribution < -0.4 is 4.90 Å². The molecule has 6 heteroatoms. The van der Waals surface area contributed by atoms with Crippen molar-refractivity contribution in [2.24, 2.45) is 7.05 Å². The molecular weight excluding hydrogens is 230 g/mol. The maximum atomic E-state index is 12.2. The average Bonchev–Trinajstić information content (AvgIpc) is 2.79. The van der Waals surface area contributed by atoms with Gasteiger partial charge in [0, 0.05) is 20.3 Å². The van der Waals surface area contributed by atoms with E-state index in [1.165, 1.54) is 15.7 Å². The summed E-state index contributed by atoms with van der Waals surface area (Å²) in [6, 6.07) is 3.55. The Hall–Kier alpha value is -2.68. The van der Waals surface area contributed by atoms with Crippen molar-refractivity contribution in [3.05, 3.63) is 47.8 Å². The first kappa shape index (κ1) is 11.8. The van der Waals surface area contributed by atoms with E-state index >= 15 is 0 Å². The maximum Gasteiger partial charge on any atom is 0.338 e. The summed E-state index contributed by atoms with van der Waals surface area (Å²) in [6.45, 7) is 6.92. The second-order valence-corrected chi connectivity index (χ2v) is 3.69. The highest BCUT2D eigenvalue weighted by atomic mass is 16.2. The molecule has 0 aliphatic heterocycles. The van der Waals surface area contributed by atoms with Crippen LogP contribution in [-0.4, -0.2) is 27.5 Å². The predicted molar refractivity (Wildman–Crippen MR) is 66.4 cm³/mol. The summed E-state index contributed by atoms with van der Waals surface area (Å²) in [4.78, 5) is 24.8. The zero-order valence-electron chi connectivity index (χ0n) is 10.0. The van der Waals surface area contributed by atoms with Crippen LogP contribution in [0, 0.1) is 6.57 Å². The summed E-state index contributed by atoms with van der Waals surface area (Å²) >= 11 is 0. The third-order valence-electron chi connectivity index (χ3n) is 2.62. The van der Waals surface area contributed by atoms with Crippen LogP contribution in [0.3, 0.4) is 0 Å². The quantitative estimate of drug-likeness (QED) is 0.751. The van der Waals surface area contributed by atoms with Gasteiger partial charge in [0.25, 0.3) is 5.91 Å². The van der Waals surface area contributed by atoms with E-state index in [2.05, 4.69) is 14.8 Å². The van der Waals surface area contributed by atoms with E-state index in [9.17, 15) is 4.79 Å². The molecule has 0 aliphatic carbocycles. The van der Waals surface area contributed by atoms with Gasteiger partial charge in [-0.15, -0.1) is 6.57 Å². The second-order valence-electron chi connectivity index (χ2n) is 3.69. The number of hydrogen-bond acceptors (Lipinski definition) is 3. The number of amides is 1. The van der Waals surface area contributed by atoms with Crippen molar-refractivity contribution in [1.82, 2.24) is 14.5 Å². The molecule has 0 spiro atoms. The molecule has 0 N–H and O–H groups in total. The van der Waals surface area contributed by atoms with Gasteiger partial charge < -0.3 is 9.74 Å². The van der Waals surface area contributed by atoms with E-state index in [1.54, 1.807) is 38.6 Å². The molecule has 0 atom stereocenters. The lowest BCUT2D eigenvalue weighted by molar-refractivity contribution is 0.0985. The van der Waals surface area contributed by atoms with Crippen LogP contribution >= 0.6 is 0 Å². The van der Waals surface area contributed by atoms with Crippen molar-refractivity contribution >= 4 is 17.5 Å². The molecule has 2 aromatic rings. The fourth-order valence-electron chi connectivity index (χ4n) is 1.54. The molecule has 18 heavy (non-hydrogen) atoms. The smallest absolute Gasteiger partial charge is 0.338 e. The molecule has 0 aliphatic rings. The SMILES string of the molecule is [C-]#[N+]c1ncc(C(=O)N(C)c2cccnc2)n1C. The topological polar surface area (TPSA) is 55.4 Å². The van der Waals surface area contributed by atoms with Gasteiger partial charge in [-0.05, 0) is 12.1 Å². The van der Waals surface area contributed by atoms with Crippen molar-refractivity contribution in [3.63, 3.8) is 0 Å². The normalized spacial score (nSPS) is 9.83. The fourth-order valence-corrected chi connectivity index (χ4v) is 1.54.